The van der Waals surface area contributed by atoms with Gasteiger partial charge in [0.05, 0.1) is 23.9 Å². The average Bonchev–Trinajstić information content (AvgIpc) is 3.57. The highest BCUT2D eigenvalue weighted by Crippen LogP contribution is 2.37. The zero-order valence-corrected chi connectivity index (χ0v) is 20.5. The van der Waals surface area contributed by atoms with Crippen molar-refractivity contribution in [3.8, 4) is 0 Å². The molecule has 0 unspecified atom stereocenters. The van der Waals surface area contributed by atoms with E-state index < -0.39 is 12.1 Å². The number of aliphatic hydroxyl groups excluding tert-OH is 1. The van der Waals surface area contributed by atoms with Crippen molar-refractivity contribution < 1.29 is 14.6 Å². The number of aliphatic hydroxyl groups is 1. The Morgan fingerprint density at radius 3 is 2.66 bits per heavy atom. The van der Waals surface area contributed by atoms with E-state index in [-0.39, 0.29) is 18.7 Å². The molecule has 0 saturated carbocycles. The van der Waals surface area contributed by atoms with Crippen molar-refractivity contribution in [1.82, 2.24) is 19.9 Å². The standard InChI is InChI=1S/C26H25ClN4O3S/c27-20-10-8-18(9-11-20)23-13-25(32)24(16-30(23)15-22-7-4-12-35-22)31-14-21(28-29-31)17-34-26(33)19-5-2-1-3-6-19/h1-12,14,23-25,32H,13,15-17H2/t23-,24-,25+/m1/s1. The molecule has 5 rings (SSSR count). The summed E-state index contributed by atoms with van der Waals surface area (Å²) >= 11 is 7.82. The van der Waals surface area contributed by atoms with E-state index in [1.165, 1.54) is 4.88 Å². The maximum absolute atomic E-state index is 12.2. The summed E-state index contributed by atoms with van der Waals surface area (Å²) in [5, 5.41) is 22.3. The molecule has 1 fully saturated rings. The van der Waals surface area contributed by atoms with E-state index in [0.29, 0.717) is 29.2 Å². The Morgan fingerprint density at radius 1 is 1.11 bits per heavy atom. The average molecular weight is 509 g/mol. The number of esters is 1. The Balaban J connectivity index is 1.30. The summed E-state index contributed by atoms with van der Waals surface area (Å²) in [4.78, 5) is 15.9. The minimum absolute atomic E-state index is 0.0167. The summed E-state index contributed by atoms with van der Waals surface area (Å²) in [5.41, 5.74) is 2.14. The van der Waals surface area contributed by atoms with Gasteiger partial charge in [0.15, 0.2) is 0 Å². The van der Waals surface area contributed by atoms with Gasteiger partial charge in [0, 0.05) is 29.0 Å². The molecule has 2 aromatic heterocycles. The van der Waals surface area contributed by atoms with E-state index in [9.17, 15) is 9.90 Å². The van der Waals surface area contributed by atoms with Crippen LogP contribution in [0.15, 0.2) is 78.3 Å². The quantitative estimate of drug-likeness (QED) is 0.358. The molecular formula is C26H25ClN4O3S. The Bertz CT molecular complexity index is 1250. The van der Waals surface area contributed by atoms with E-state index in [0.717, 1.165) is 12.1 Å². The summed E-state index contributed by atoms with van der Waals surface area (Å²) < 4.78 is 7.07. The molecule has 9 heteroatoms. The Kier molecular flexibility index (Phi) is 7.24. The van der Waals surface area contributed by atoms with E-state index >= 15 is 0 Å². The number of piperidine rings is 1. The van der Waals surface area contributed by atoms with Gasteiger partial charge >= 0.3 is 5.97 Å². The van der Waals surface area contributed by atoms with Crippen LogP contribution < -0.4 is 0 Å². The third-order valence-electron chi connectivity index (χ3n) is 6.22. The number of halogens is 1. The first-order chi connectivity index (χ1) is 17.1. The van der Waals surface area contributed by atoms with Gasteiger partial charge in [-0.15, -0.1) is 16.4 Å². The fourth-order valence-corrected chi connectivity index (χ4v) is 5.29. The summed E-state index contributed by atoms with van der Waals surface area (Å²) in [6.07, 6.45) is 1.69. The predicted molar refractivity (Wildman–Crippen MR) is 134 cm³/mol. The number of nitrogens with zero attached hydrogens (tertiary/aromatic N) is 4. The predicted octanol–water partition coefficient (Wildman–Crippen LogP) is 4.90. The van der Waals surface area contributed by atoms with Crippen LogP contribution in [0.3, 0.4) is 0 Å². The minimum atomic E-state index is -0.614. The van der Waals surface area contributed by atoms with Crippen LogP contribution in [0.1, 0.15) is 45.0 Å². The second-order valence-corrected chi connectivity index (χ2v) is 10.0. The van der Waals surface area contributed by atoms with Crippen molar-refractivity contribution in [1.29, 1.82) is 0 Å². The fourth-order valence-electron chi connectivity index (χ4n) is 4.43. The van der Waals surface area contributed by atoms with Crippen molar-refractivity contribution in [2.75, 3.05) is 6.54 Å². The third-order valence-corrected chi connectivity index (χ3v) is 7.34. The highest BCUT2D eigenvalue weighted by molar-refractivity contribution is 7.09. The first-order valence-electron chi connectivity index (χ1n) is 11.4. The molecule has 1 N–H and O–H groups in total. The van der Waals surface area contributed by atoms with Gasteiger partial charge < -0.3 is 9.84 Å². The summed E-state index contributed by atoms with van der Waals surface area (Å²) in [6, 6.07) is 20.6. The van der Waals surface area contributed by atoms with Gasteiger partial charge in [0.2, 0.25) is 0 Å². The maximum atomic E-state index is 12.2. The lowest BCUT2D eigenvalue weighted by atomic mass is 9.90. The smallest absolute Gasteiger partial charge is 0.338 e. The van der Waals surface area contributed by atoms with Crippen LogP contribution in [-0.2, 0) is 17.9 Å². The van der Waals surface area contributed by atoms with Crippen molar-refractivity contribution in [3.63, 3.8) is 0 Å². The molecule has 35 heavy (non-hydrogen) atoms. The number of ether oxygens (including phenoxy) is 1. The van der Waals surface area contributed by atoms with Gasteiger partial charge in [-0.3, -0.25) is 4.90 Å². The molecule has 0 aliphatic carbocycles. The second-order valence-electron chi connectivity index (χ2n) is 8.58. The van der Waals surface area contributed by atoms with Crippen molar-refractivity contribution in [2.24, 2.45) is 0 Å². The molecule has 1 saturated heterocycles. The zero-order valence-electron chi connectivity index (χ0n) is 18.9. The number of rotatable bonds is 7. The molecule has 3 heterocycles. The van der Waals surface area contributed by atoms with Gasteiger partial charge in [0.25, 0.3) is 0 Å². The third kappa shape index (κ3) is 5.62. The van der Waals surface area contributed by atoms with E-state index in [1.807, 2.05) is 36.4 Å². The number of carbonyl (C=O) groups excluding carboxylic acids is 1. The van der Waals surface area contributed by atoms with Crippen molar-refractivity contribution in [3.05, 3.63) is 105 Å². The molecule has 180 valence electrons. The number of benzene rings is 2. The van der Waals surface area contributed by atoms with Gasteiger partial charge in [-0.2, -0.15) is 0 Å². The van der Waals surface area contributed by atoms with Crippen molar-refractivity contribution in [2.45, 2.75) is 37.8 Å². The van der Waals surface area contributed by atoms with Crippen LogP contribution in [0.2, 0.25) is 5.02 Å². The Morgan fingerprint density at radius 2 is 1.91 bits per heavy atom. The first kappa shape index (κ1) is 23.7. The largest absolute Gasteiger partial charge is 0.455 e. The first-order valence-corrected chi connectivity index (χ1v) is 12.7. The monoisotopic (exact) mass is 508 g/mol. The molecule has 1 aliphatic rings. The normalized spacial score (nSPS) is 20.6. The van der Waals surface area contributed by atoms with E-state index in [2.05, 4.69) is 26.7 Å². The lowest BCUT2D eigenvalue weighted by molar-refractivity contribution is -0.0105. The molecule has 7 nitrogen and oxygen atoms in total. The molecule has 3 atom stereocenters. The van der Waals surface area contributed by atoms with Crippen molar-refractivity contribution >= 4 is 28.9 Å². The van der Waals surface area contributed by atoms with Gasteiger partial charge in [-0.25, -0.2) is 9.48 Å². The fraction of sp³-hybridized carbons (Fsp3) is 0.269. The van der Waals surface area contributed by atoms with E-state index in [4.69, 9.17) is 16.3 Å². The topological polar surface area (TPSA) is 80.5 Å². The number of thiophene rings is 1. The number of carbonyl (C=O) groups is 1. The SMILES string of the molecule is O=C(OCc1cn([C@@H]2CN(Cc3cccs3)[C@@H](c3ccc(Cl)cc3)C[C@@H]2O)nn1)c1ccccc1. The molecule has 0 spiro atoms. The van der Waals surface area contributed by atoms with Crippen LogP contribution in [0.4, 0.5) is 0 Å². The molecule has 1 aliphatic heterocycles. The lowest BCUT2D eigenvalue weighted by Crippen LogP contribution is -2.45. The van der Waals surface area contributed by atoms with Gasteiger partial charge in [-0.05, 0) is 47.7 Å². The Hall–Kier alpha value is -3.04. The number of likely N-dealkylation sites (tertiary alicyclic amines) is 1. The summed E-state index contributed by atoms with van der Waals surface area (Å²) in [6.45, 7) is 1.38. The zero-order chi connectivity index (χ0) is 24.2. The highest BCUT2D eigenvalue weighted by Gasteiger charge is 2.37. The number of aromatic nitrogens is 3. The molecule has 0 radical (unpaired) electrons. The van der Waals surface area contributed by atoms with E-state index in [1.54, 1.807) is 46.5 Å². The second kappa shape index (κ2) is 10.7. The number of hydrogen-bond donors (Lipinski definition) is 1. The molecule has 4 aromatic rings. The lowest BCUT2D eigenvalue weighted by Gasteiger charge is -2.42. The molecule has 2 aromatic carbocycles. The Labute approximate surface area is 212 Å². The van der Waals surface area contributed by atoms with Crippen LogP contribution in [0, 0.1) is 0 Å². The van der Waals surface area contributed by atoms with Crippen LogP contribution >= 0.6 is 22.9 Å². The molecule has 0 bridgehead atoms. The summed E-state index contributed by atoms with van der Waals surface area (Å²) in [5.74, 6) is -0.411. The van der Waals surface area contributed by atoms with Crippen LogP contribution in [-0.4, -0.2) is 43.6 Å². The van der Waals surface area contributed by atoms with Gasteiger partial charge in [-0.1, -0.05) is 53.2 Å². The van der Waals surface area contributed by atoms with Crippen LogP contribution in [0.5, 0.6) is 0 Å². The summed E-state index contributed by atoms with van der Waals surface area (Å²) in [7, 11) is 0. The molecule has 0 amide bonds. The van der Waals surface area contributed by atoms with Crippen LogP contribution in [0.25, 0.3) is 0 Å². The highest BCUT2D eigenvalue weighted by atomic mass is 35.5. The maximum Gasteiger partial charge on any atom is 0.338 e. The van der Waals surface area contributed by atoms with Gasteiger partial charge in [0.1, 0.15) is 12.3 Å². The molecular weight excluding hydrogens is 484 g/mol. The minimum Gasteiger partial charge on any atom is -0.455 e. The number of hydrogen-bond acceptors (Lipinski definition) is 7.